The van der Waals surface area contributed by atoms with Crippen molar-refractivity contribution >= 4 is 33.4 Å². The first kappa shape index (κ1) is 21.5. The van der Waals surface area contributed by atoms with Crippen molar-refractivity contribution in [1.82, 2.24) is 5.32 Å². The lowest BCUT2D eigenvalue weighted by Crippen LogP contribution is -2.36. The average molecular weight is 457 g/mol. The Hall–Kier alpha value is -2.71. The van der Waals surface area contributed by atoms with Crippen LogP contribution in [-0.4, -0.2) is 32.7 Å². The maximum Gasteiger partial charge on any atom is 0.264 e. The van der Waals surface area contributed by atoms with E-state index in [-0.39, 0.29) is 16.8 Å². The molecule has 8 heteroatoms. The van der Waals surface area contributed by atoms with Crippen LogP contribution in [-0.2, 0) is 22.2 Å². The van der Waals surface area contributed by atoms with Gasteiger partial charge in [0.1, 0.15) is 5.76 Å². The molecule has 31 heavy (non-hydrogen) atoms. The number of carbonyl (C=O) groups is 1. The van der Waals surface area contributed by atoms with E-state index in [0.29, 0.717) is 24.2 Å². The highest BCUT2D eigenvalue weighted by atomic mass is 32.2. The average Bonchev–Trinajstić information content (AvgIpc) is 3.40. The SMILES string of the molecule is C[C@H]1Cc2ccccc2N1S(=O)(=O)c1cccc(C(=O)NCCSCc2ccco2)c1. The summed E-state index contributed by atoms with van der Waals surface area (Å²) < 4.78 is 33.5. The monoisotopic (exact) mass is 456 g/mol. The number of carbonyl (C=O) groups excluding carboxylic acids is 1. The standard InChI is InChI=1S/C23H24N2O4S2/c1-17-14-18-6-2-3-10-22(18)25(17)31(27,28)21-9-4-7-19(15-21)23(26)24-11-13-30-16-20-8-5-12-29-20/h2-10,12,15,17H,11,13-14,16H2,1H3,(H,24,26)/t17-/m0/s1. The number of nitrogens with one attached hydrogen (secondary N) is 1. The Balaban J connectivity index is 1.42. The van der Waals surface area contributed by atoms with Crippen LogP contribution < -0.4 is 9.62 Å². The first-order chi connectivity index (χ1) is 15.0. The van der Waals surface area contributed by atoms with Gasteiger partial charge < -0.3 is 9.73 Å². The zero-order valence-corrected chi connectivity index (χ0v) is 18.8. The number of nitrogens with zero attached hydrogens (tertiary/aromatic N) is 1. The number of furan rings is 1. The molecular weight excluding hydrogens is 432 g/mol. The highest BCUT2D eigenvalue weighted by Crippen LogP contribution is 2.36. The molecule has 3 aromatic rings. The Morgan fingerprint density at radius 1 is 1.16 bits per heavy atom. The first-order valence-corrected chi connectivity index (χ1v) is 12.7. The molecule has 0 radical (unpaired) electrons. The van der Waals surface area contributed by atoms with Crippen molar-refractivity contribution in [2.75, 3.05) is 16.6 Å². The summed E-state index contributed by atoms with van der Waals surface area (Å²) in [5, 5.41) is 2.85. The summed E-state index contributed by atoms with van der Waals surface area (Å²) in [6.07, 6.45) is 2.31. The maximum atomic E-state index is 13.4. The summed E-state index contributed by atoms with van der Waals surface area (Å²) >= 11 is 1.66. The fourth-order valence-corrected chi connectivity index (χ4v) is 6.22. The Morgan fingerprint density at radius 2 is 2.00 bits per heavy atom. The summed E-state index contributed by atoms with van der Waals surface area (Å²) in [5.41, 5.74) is 2.05. The minimum atomic E-state index is -3.77. The maximum absolute atomic E-state index is 13.4. The van der Waals surface area contributed by atoms with Crippen molar-refractivity contribution in [2.45, 2.75) is 30.0 Å². The number of anilines is 1. The zero-order valence-electron chi connectivity index (χ0n) is 17.2. The number of sulfonamides is 1. The molecule has 1 N–H and O–H groups in total. The van der Waals surface area contributed by atoms with E-state index in [0.717, 1.165) is 22.8 Å². The van der Waals surface area contributed by atoms with E-state index in [4.69, 9.17) is 4.42 Å². The van der Waals surface area contributed by atoms with Gasteiger partial charge in [-0.05, 0) is 55.3 Å². The summed E-state index contributed by atoms with van der Waals surface area (Å²) in [6.45, 7) is 2.38. The number of benzene rings is 2. The van der Waals surface area contributed by atoms with Gasteiger partial charge >= 0.3 is 0 Å². The highest BCUT2D eigenvalue weighted by Gasteiger charge is 2.36. The summed E-state index contributed by atoms with van der Waals surface area (Å²) in [4.78, 5) is 12.7. The second-order valence-electron chi connectivity index (χ2n) is 7.40. The quantitative estimate of drug-likeness (QED) is 0.517. The predicted molar refractivity (Wildman–Crippen MR) is 123 cm³/mol. The van der Waals surface area contributed by atoms with Crippen LogP contribution in [0.25, 0.3) is 0 Å². The van der Waals surface area contributed by atoms with Gasteiger partial charge in [-0.3, -0.25) is 9.10 Å². The number of rotatable bonds is 8. The molecule has 2 heterocycles. The molecule has 0 spiro atoms. The van der Waals surface area contributed by atoms with E-state index in [9.17, 15) is 13.2 Å². The van der Waals surface area contributed by atoms with Crippen LogP contribution in [0.15, 0.2) is 76.2 Å². The molecule has 0 aliphatic carbocycles. The van der Waals surface area contributed by atoms with E-state index in [1.807, 2.05) is 43.3 Å². The second kappa shape index (κ2) is 9.20. The van der Waals surface area contributed by atoms with Crippen LogP contribution in [0, 0.1) is 0 Å². The van der Waals surface area contributed by atoms with Gasteiger partial charge in [-0.2, -0.15) is 11.8 Å². The molecular formula is C23H24N2O4S2. The molecule has 4 rings (SSSR count). The van der Waals surface area contributed by atoms with Crippen molar-refractivity contribution in [2.24, 2.45) is 0 Å². The minimum Gasteiger partial charge on any atom is -0.468 e. The van der Waals surface area contributed by atoms with Crippen molar-refractivity contribution < 1.29 is 17.6 Å². The van der Waals surface area contributed by atoms with Crippen LogP contribution in [0.1, 0.15) is 28.6 Å². The van der Waals surface area contributed by atoms with E-state index in [2.05, 4.69) is 5.32 Å². The third-order valence-corrected chi connectivity index (χ3v) is 8.06. The van der Waals surface area contributed by atoms with Gasteiger partial charge in [-0.1, -0.05) is 24.3 Å². The van der Waals surface area contributed by atoms with Gasteiger partial charge in [0.05, 0.1) is 22.6 Å². The lowest BCUT2D eigenvalue weighted by atomic mass is 10.1. The molecule has 6 nitrogen and oxygen atoms in total. The number of hydrogen-bond acceptors (Lipinski definition) is 5. The molecule has 1 aliphatic heterocycles. The van der Waals surface area contributed by atoms with Crippen molar-refractivity contribution in [3.05, 3.63) is 83.8 Å². The number of amides is 1. The largest absolute Gasteiger partial charge is 0.468 e. The lowest BCUT2D eigenvalue weighted by molar-refractivity contribution is 0.0956. The molecule has 162 valence electrons. The van der Waals surface area contributed by atoms with Crippen LogP contribution >= 0.6 is 11.8 Å². The second-order valence-corrected chi connectivity index (χ2v) is 10.3. The Bertz CT molecular complexity index is 1160. The van der Waals surface area contributed by atoms with Crippen molar-refractivity contribution in [3.8, 4) is 0 Å². The van der Waals surface area contributed by atoms with Crippen LogP contribution in [0.5, 0.6) is 0 Å². The summed E-state index contributed by atoms with van der Waals surface area (Å²) in [6, 6.07) is 17.4. The smallest absolute Gasteiger partial charge is 0.264 e. The Morgan fingerprint density at radius 3 is 2.81 bits per heavy atom. The van der Waals surface area contributed by atoms with Crippen LogP contribution in [0.2, 0.25) is 0 Å². The zero-order chi connectivity index (χ0) is 21.8. The van der Waals surface area contributed by atoms with Crippen LogP contribution in [0.3, 0.4) is 0 Å². The molecule has 1 aromatic heterocycles. The molecule has 0 saturated carbocycles. The lowest BCUT2D eigenvalue weighted by Gasteiger charge is -2.24. The predicted octanol–water partition coefficient (Wildman–Crippen LogP) is 4.08. The van der Waals surface area contributed by atoms with Crippen molar-refractivity contribution in [3.63, 3.8) is 0 Å². The van der Waals surface area contributed by atoms with Gasteiger partial charge in [-0.15, -0.1) is 0 Å². The normalized spacial score (nSPS) is 15.6. The number of hydrogen-bond donors (Lipinski definition) is 1. The molecule has 1 amide bonds. The van der Waals surface area contributed by atoms with E-state index >= 15 is 0 Å². The molecule has 2 aromatic carbocycles. The third kappa shape index (κ3) is 4.65. The number of fused-ring (bicyclic) bond motifs is 1. The number of thioether (sulfide) groups is 1. The number of para-hydroxylation sites is 1. The van der Waals surface area contributed by atoms with E-state index in [1.54, 1.807) is 36.2 Å². The van der Waals surface area contributed by atoms with Gasteiger partial charge in [-0.25, -0.2) is 8.42 Å². The van der Waals surface area contributed by atoms with Gasteiger partial charge in [0, 0.05) is 23.9 Å². The van der Waals surface area contributed by atoms with Gasteiger partial charge in [0.2, 0.25) is 0 Å². The van der Waals surface area contributed by atoms with E-state index < -0.39 is 10.0 Å². The Labute approximate surface area is 186 Å². The minimum absolute atomic E-state index is 0.121. The highest BCUT2D eigenvalue weighted by molar-refractivity contribution is 7.98. The molecule has 1 aliphatic rings. The first-order valence-electron chi connectivity index (χ1n) is 10.1. The van der Waals surface area contributed by atoms with Gasteiger partial charge in [0.25, 0.3) is 15.9 Å². The Kier molecular flexibility index (Phi) is 6.38. The van der Waals surface area contributed by atoms with E-state index in [1.165, 1.54) is 10.4 Å². The fraction of sp³-hybridized carbons (Fsp3) is 0.261. The fourth-order valence-electron chi connectivity index (χ4n) is 3.72. The van der Waals surface area contributed by atoms with Gasteiger partial charge in [0.15, 0.2) is 0 Å². The molecule has 1 atom stereocenters. The topological polar surface area (TPSA) is 79.6 Å². The molecule has 0 saturated heterocycles. The third-order valence-electron chi connectivity index (χ3n) is 5.15. The summed E-state index contributed by atoms with van der Waals surface area (Å²) in [7, 11) is -3.77. The van der Waals surface area contributed by atoms with Crippen LogP contribution in [0.4, 0.5) is 5.69 Å². The summed E-state index contributed by atoms with van der Waals surface area (Å²) in [5.74, 6) is 2.08. The van der Waals surface area contributed by atoms with Crippen molar-refractivity contribution in [1.29, 1.82) is 0 Å². The molecule has 0 bridgehead atoms. The molecule has 0 unspecified atom stereocenters. The molecule has 0 fully saturated rings.